The van der Waals surface area contributed by atoms with E-state index in [0.29, 0.717) is 5.56 Å². The maximum absolute atomic E-state index is 12.8. The van der Waals surface area contributed by atoms with Gasteiger partial charge in [0.05, 0.1) is 9.79 Å². The summed E-state index contributed by atoms with van der Waals surface area (Å²) < 4.78 is 84.3. The van der Waals surface area contributed by atoms with Crippen LogP contribution in [0, 0.1) is 0 Å². The molecule has 0 radical (unpaired) electrons. The van der Waals surface area contributed by atoms with Gasteiger partial charge in [-0.25, -0.2) is 21.6 Å². The van der Waals surface area contributed by atoms with E-state index in [2.05, 4.69) is 14.2 Å². The van der Waals surface area contributed by atoms with Gasteiger partial charge < -0.3 is 4.74 Å². The first-order valence-electron chi connectivity index (χ1n) is 9.29. The van der Waals surface area contributed by atoms with Crippen molar-refractivity contribution in [3.05, 3.63) is 83.9 Å². The van der Waals surface area contributed by atoms with Gasteiger partial charge in [-0.15, -0.1) is 0 Å². The third-order valence-electron chi connectivity index (χ3n) is 4.46. The summed E-state index contributed by atoms with van der Waals surface area (Å²) in [4.78, 5) is -0.486. The minimum Gasteiger partial charge on any atom is -0.435 e. The van der Waals surface area contributed by atoms with Crippen molar-refractivity contribution in [3.8, 4) is 5.75 Å². The minimum absolute atomic E-state index is 0.0751. The van der Waals surface area contributed by atoms with E-state index in [1.54, 1.807) is 24.3 Å². The van der Waals surface area contributed by atoms with Crippen LogP contribution < -0.4 is 14.2 Å². The van der Waals surface area contributed by atoms with Crippen molar-refractivity contribution in [1.29, 1.82) is 0 Å². The number of hydrogen-bond donors (Lipinski definition) is 2. The lowest BCUT2D eigenvalue weighted by molar-refractivity contribution is -0.0503. The van der Waals surface area contributed by atoms with Crippen LogP contribution in [0.1, 0.15) is 11.1 Å². The lowest BCUT2D eigenvalue weighted by Gasteiger charge is -2.14. The first-order chi connectivity index (χ1) is 15.1. The van der Waals surface area contributed by atoms with Crippen LogP contribution in [0.25, 0.3) is 0 Å². The summed E-state index contributed by atoms with van der Waals surface area (Å²) >= 11 is 0. The van der Waals surface area contributed by atoms with Gasteiger partial charge in [-0.3, -0.25) is 4.72 Å². The summed E-state index contributed by atoms with van der Waals surface area (Å²) in [5, 5.41) is 0. The van der Waals surface area contributed by atoms with E-state index in [1.165, 1.54) is 43.4 Å². The molecule has 0 aliphatic carbocycles. The van der Waals surface area contributed by atoms with Gasteiger partial charge in [0.25, 0.3) is 10.0 Å². The number of sulfonamides is 2. The molecule has 0 aliphatic rings. The Morgan fingerprint density at radius 3 is 2.12 bits per heavy atom. The highest BCUT2D eigenvalue weighted by Gasteiger charge is 2.20. The van der Waals surface area contributed by atoms with Crippen LogP contribution in [0.4, 0.5) is 14.5 Å². The molecule has 0 amide bonds. The zero-order valence-corrected chi connectivity index (χ0v) is 18.5. The van der Waals surface area contributed by atoms with Crippen molar-refractivity contribution in [2.24, 2.45) is 0 Å². The molecule has 3 aromatic rings. The summed E-state index contributed by atoms with van der Waals surface area (Å²) in [5.41, 5.74) is 1.28. The molecule has 170 valence electrons. The molecular formula is C21H20F2N2O5S2. The Kier molecular flexibility index (Phi) is 7.12. The number of anilines is 1. The molecule has 11 heteroatoms. The fourth-order valence-electron chi connectivity index (χ4n) is 2.95. The highest BCUT2D eigenvalue weighted by atomic mass is 32.2. The van der Waals surface area contributed by atoms with Gasteiger partial charge in [0.2, 0.25) is 10.0 Å². The highest BCUT2D eigenvalue weighted by Crippen LogP contribution is 2.28. The van der Waals surface area contributed by atoms with Crippen LogP contribution in [-0.2, 0) is 26.5 Å². The summed E-state index contributed by atoms with van der Waals surface area (Å²) in [6.07, 6.45) is 0.231. The lowest BCUT2D eigenvalue weighted by atomic mass is 10.0. The Morgan fingerprint density at radius 1 is 0.844 bits per heavy atom. The molecule has 0 unspecified atom stereocenters. The molecule has 3 rings (SSSR count). The number of benzene rings is 3. The number of hydrogen-bond acceptors (Lipinski definition) is 5. The number of rotatable bonds is 9. The number of halogens is 2. The van der Waals surface area contributed by atoms with Crippen molar-refractivity contribution < 1.29 is 30.4 Å². The van der Waals surface area contributed by atoms with E-state index in [-0.39, 0.29) is 27.6 Å². The topological polar surface area (TPSA) is 102 Å². The van der Waals surface area contributed by atoms with Crippen molar-refractivity contribution in [2.45, 2.75) is 22.8 Å². The second-order valence-corrected chi connectivity index (χ2v) is 10.2. The van der Waals surface area contributed by atoms with Gasteiger partial charge in [0.1, 0.15) is 5.75 Å². The molecular weight excluding hydrogens is 462 g/mol. The summed E-state index contributed by atoms with van der Waals surface area (Å²) in [6, 6.07) is 17.8. The molecule has 0 atom stereocenters. The molecule has 2 N–H and O–H groups in total. The molecule has 0 saturated heterocycles. The number of nitrogens with one attached hydrogen (secondary N) is 2. The smallest absolute Gasteiger partial charge is 0.387 e. The second-order valence-electron chi connectivity index (χ2n) is 6.65. The Balaban J connectivity index is 1.94. The average Bonchev–Trinajstić information content (AvgIpc) is 2.76. The molecule has 0 fully saturated rings. The van der Waals surface area contributed by atoms with Gasteiger partial charge in [-0.1, -0.05) is 36.4 Å². The Morgan fingerprint density at radius 2 is 1.50 bits per heavy atom. The van der Waals surface area contributed by atoms with Crippen molar-refractivity contribution in [1.82, 2.24) is 4.72 Å². The fraction of sp³-hybridized carbons (Fsp3) is 0.143. The van der Waals surface area contributed by atoms with Crippen LogP contribution in [-0.4, -0.2) is 30.5 Å². The number of alkyl halides is 2. The van der Waals surface area contributed by atoms with Gasteiger partial charge >= 0.3 is 6.61 Å². The van der Waals surface area contributed by atoms with Gasteiger partial charge in [-0.05, 0) is 49.0 Å². The molecule has 0 bridgehead atoms. The zero-order valence-electron chi connectivity index (χ0n) is 16.8. The maximum atomic E-state index is 12.8. The molecule has 0 aromatic heterocycles. The van der Waals surface area contributed by atoms with Crippen LogP contribution in [0.15, 0.2) is 82.6 Å². The van der Waals surface area contributed by atoms with Crippen LogP contribution in [0.5, 0.6) is 5.75 Å². The Labute approximate surface area is 185 Å². The monoisotopic (exact) mass is 482 g/mol. The van der Waals surface area contributed by atoms with E-state index >= 15 is 0 Å². The molecule has 0 saturated carbocycles. The maximum Gasteiger partial charge on any atom is 0.387 e. The summed E-state index contributed by atoms with van der Waals surface area (Å²) in [5.74, 6) is -0.0751. The van der Waals surface area contributed by atoms with E-state index in [0.717, 1.165) is 11.6 Å². The normalized spacial score (nSPS) is 12.0. The Hall–Kier alpha value is -3.02. The van der Waals surface area contributed by atoms with E-state index in [9.17, 15) is 25.6 Å². The Bertz CT molecular complexity index is 1300. The van der Waals surface area contributed by atoms with E-state index in [1.807, 2.05) is 6.07 Å². The predicted octanol–water partition coefficient (Wildman–Crippen LogP) is 3.59. The van der Waals surface area contributed by atoms with Gasteiger partial charge in [0.15, 0.2) is 0 Å². The van der Waals surface area contributed by atoms with E-state index < -0.39 is 26.7 Å². The summed E-state index contributed by atoms with van der Waals surface area (Å²) in [6.45, 7) is -3.04. The third-order valence-corrected chi connectivity index (χ3v) is 7.25. The van der Waals surface area contributed by atoms with Crippen molar-refractivity contribution in [2.75, 3.05) is 11.8 Å². The van der Waals surface area contributed by atoms with Crippen LogP contribution in [0.2, 0.25) is 0 Å². The highest BCUT2D eigenvalue weighted by molar-refractivity contribution is 7.93. The first-order valence-corrected chi connectivity index (χ1v) is 12.3. The molecule has 0 heterocycles. The first kappa shape index (κ1) is 23.6. The SMILES string of the molecule is CNS(=O)(=O)c1cccc(S(=O)(=O)Nc2ccc(OC(F)F)c(Cc3ccccc3)c2)c1. The largest absolute Gasteiger partial charge is 0.435 e. The quantitative estimate of drug-likeness (QED) is 0.485. The molecule has 0 aliphatic heterocycles. The average molecular weight is 483 g/mol. The minimum atomic E-state index is -4.16. The van der Waals surface area contributed by atoms with Gasteiger partial charge in [-0.2, -0.15) is 8.78 Å². The number of ether oxygens (including phenoxy) is 1. The molecule has 32 heavy (non-hydrogen) atoms. The van der Waals surface area contributed by atoms with Crippen LogP contribution in [0.3, 0.4) is 0 Å². The van der Waals surface area contributed by atoms with Crippen molar-refractivity contribution in [3.63, 3.8) is 0 Å². The second kappa shape index (κ2) is 9.63. The molecule has 3 aromatic carbocycles. The summed E-state index contributed by atoms with van der Waals surface area (Å²) in [7, 11) is -6.79. The standard InChI is InChI=1S/C21H20F2N2O5S2/c1-24-31(26,27)18-8-5-9-19(14-18)32(28,29)25-17-10-11-20(30-21(22)23)16(13-17)12-15-6-3-2-4-7-15/h2-11,13-14,21,24-25H,12H2,1H3. The predicted molar refractivity (Wildman–Crippen MR) is 116 cm³/mol. The fourth-order valence-corrected chi connectivity index (χ4v) is 4.89. The molecule has 7 nitrogen and oxygen atoms in total. The lowest BCUT2D eigenvalue weighted by Crippen LogP contribution is -2.19. The zero-order chi connectivity index (χ0) is 23.4. The van der Waals surface area contributed by atoms with Gasteiger partial charge in [0, 0.05) is 17.7 Å². The molecule has 0 spiro atoms. The van der Waals surface area contributed by atoms with Crippen molar-refractivity contribution >= 4 is 25.7 Å². The third kappa shape index (κ3) is 5.81. The van der Waals surface area contributed by atoms with E-state index in [4.69, 9.17) is 0 Å². The van der Waals surface area contributed by atoms with Crippen LogP contribution >= 0.6 is 0 Å².